The highest BCUT2D eigenvalue weighted by molar-refractivity contribution is 6.12. The second-order valence-electron chi connectivity index (χ2n) is 6.70. The first-order chi connectivity index (χ1) is 14.6. The second kappa shape index (κ2) is 8.52. The van der Waals surface area contributed by atoms with Crippen LogP contribution in [0.2, 0.25) is 0 Å². The Balaban J connectivity index is 1.48. The number of pyridine rings is 2. The summed E-state index contributed by atoms with van der Waals surface area (Å²) < 4.78 is 0. The van der Waals surface area contributed by atoms with Crippen LogP contribution in [0.3, 0.4) is 0 Å². The topological polar surface area (TPSA) is 94.9 Å². The third kappa shape index (κ3) is 4.33. The Morgan fingerprint density at radius 1 is 1.03 bits per heavy atom. The molecule has 1 atom stereocenters. The lowest BCUT2D eigenvalue weighted by Crippen LogP contribution is -2.42. The van der Waals surface area contributed by atoms with Crippen LogP contribution in [0.25, 0.3) is 0 Å². The van der Waals surface area contributed by atoms with Gasteiger partial charge in [0.15, 0.2) is 5.84 Å². The lowest BCUT2D eigenvalue weighted by molar-refractivity contribution is 0.0976. The number of rotatable bonds is 4. The Hall–Kier alpha value is -4.07. The molecule has 150 valence electrons. The molecule has 0 radical (unpaired) electrons. The summed E-state index contributed by atoms with van der Waals surface area (Å²) in [7, 11) is 1.93. The summed E-state index contributed by atoms with van der Waals surface area (Å²) in [6.45, 7) is 1.87. The molecular weight excluding hydrogens is 378 g/mol. The molecule has 4 rings (SSSR count). The molecule has 3 aromatic rings. The van der Waals surface area contributed by atoms with Gasteiger partial charge in [0.2, 0.25) is 5.96 Å². The summed E-state index contributed by atoms with van der Waals surface area (Å²) in [5, 5.41) is 5.89. The molecule has 0 spiro atoms. The van der Waals surface area contributed by atoms with Gasteiger partial charge in [0.25, 0.3) is 5.91 Å². The molecule has 30 heavy (non-hydrogen) atoms. The van der Waals surface area contributed by atoms with Crippen molar-refractivity contribution >= 4 is 29.2 Å². The third-order valence-corrected chi connectivity index (χ3v) is 4.51. The number of hydrogen-bond acceptors (Lipinski definition) is 7. The Morgan fingerprint density at radius 3 is 2.53 bits per heavy atom. The van der Waals surface area contributed by atoms with Crippen molar-refractivity contribution in [2.45, 2.75) is 13.1 Å². The summed E-state index contributed by atoms with van der Waals surface area (Å²) in [6, 6.07) is 19.0. The number of amides is 1. The van der Waals surface area contributed by atoms with E-state index in [0.717, 1.165) is 11.5 Å². The van der Waals surface area contributed by atoms with Crippen molar-refractivity contribution in [2.24, 2.45) is 9.98 Å². The predicted molar refractivity (Wildman–Crippen MR) is 117 cm³/mol. The van der Waals surface area contributed by atoms with E-state index in [1.54, 1.807) is 24.5 Å². The number of aliphatic imine (C=N–C) groups is 2. The number of anilines is 2. The first-order valence-electron chi connectivity index (χ1n) is 9.51. The van der Waals surface area contributed by atoms with E-state index < -0.39 is 0 Å². The molecule has 0 bridgehead atoms. The Bertz CT molecular complexity index is 1080. The number of guanidine groups is 1. The first-order valence-corrected chi connectivity index (χ1v) is 9.51. The van der Waals surface area contributed by atoms with Crippen LogP contribution < -0.4 is 15.5 Å². The van der Waals surface area contributed by atoms with E-state index in [1.807, 2.05) is 67.4 Å². The van der Waals surface area contributed by atoms with Gasteiger partial charge in [-0.15, -0.1) is 0 Å². The number of carbonyl (C=O) groups is 1. The van der Waals surface area contributed by atoms with Crippen LogP contribution in [0.4, 0.5) is 11.5 Å². The summed E-state index contributed by atoms with van der Waals surface area (Å²) >= 11 is 0. The maximum absolute atomic E-state index is 12.7. The number of nitrogens with one attached hydrogen (secondary N) is 2. The van der Waals surface area contributed by atoms with Crippen LogP contribution in [0, 0.1) is 0 Å². The van der Waals surface area contributed by atoms with Crippen LogP contribution in [0.15, 0.2) is 83.0 Å². The Morgan fingerprint density at radius 2 is 1.83 bits per heavy atom. The van der Waals surface area contributed by atoms with Crippen LogP contribution in [-0.2, 0) is 0 Å². The van der Waals surface area contributed by atoms with Crippen molar-refractivity contribution in [1.82, 2.24) is 20.6 Å². The minimum atomic E-state index is -0.326. The van der Waals surface area contributed by atoms with Gasteiger partial charge >= 0.3 is 0 Å². The quantitative estimate of drug-likeness (QED) is 0.703. The number of carbonyl (C=O) groups excluding carboxylic acids is 1. The van der Waals surface area contributed by atoms with E-state index >= 15 is 0 Å². The van der Waals surface area contributed by atoms with E-state index in [1.165, 1.54) is 0 Å². The summed E-state index contributed by atoms with van der Waals surface area (Å²) in [5.41, 5.74) is 2.11. The van der Waals surface area contributed by atoms with Gasteiger partial charge in [0.05, 0.1) is 5.56 Å². The number of benzene rings is 1. The highest BCUT2D eigenvalue weighted by Gasteiger charge is 2.18. The van der Waals surface area contributed by atoms with E-state index in [-0.39, 0.29) is 18.0 Å². The van der Waals surface area contributed by atoms with Crippen molar-refractivity contribution in [3.63, 3.8) is 0 Å². The van der Waals surface area contributed by atoms with Crippen molar-refractivity contribution in [3.8, 4) is 0 Å². The zero-order valence-electron chi connectivity index (χ0n) is 16.6. The zero-order chi connectivity index (χ0) is 20.9. The summed E-state index contributed by atoms with van der Waals surface area (Å²) in [6.07, 6.45) is 2.99. The second-order valence-corrected chi connectivity index (χ2v) is 6.70. The van der Waals surface area contributed by atoms with Gasteiger partial charge in [-0.2, -0.15) is 4.99 Å². The monoisotopic (exact) mass is 399 g/mol. The van der Waals surface area contributed by atoms with Crippen molar-refractivity contribution in [1.29, 1.82) is 0 Å². The zero-order valence-corrected chi connectivity index (χ0v) is 16.6. The normalized spacial score (nSPS) is 15.5. The van der Waals surface area contributed by atoms with Gasteiger partial charge < -0.3 is 10.2 Å². The lowest BCUT2D eigenvalue weighted by atomic mass is 10.2. The highest BCUT2D eigenvalue weighted by Crippen LogP contribution is 2.20. The van der Waals surface area contributed by atoms with Gasteiger partial charge in [-0.3, -0.25) is 15.1 Å². The molecule has 0 aliphatic carbocycles. The number of para-hydroxylation sites is 1. The molecule has 3 heterocycles. The van der Waals surface area contributed by atoms with E-state index in [4.69, 9.17) is 0 Å². The lowest BCUT2D eigenvalue weighted by Gasteiger charge is -2.20. The predicted octanol–water partition coefficient (Wildman–Crippen LogP) is 2.73. The molecule has 1 amide bonds. The Labute approximate surface area is 174 Å². The van der Waals surface area contributed by atoms with Crippen molar-refractivity contribution in [3.05, 3.63) is 84.3 Å². The van der Waals surface area contributed by atoms with Gasteiger partial charge in [0, 0.05) is 25.1 Å². The van der Waals surface area contributed by atoms with Gasteiger partial charge in [-0.1, -0.05) is 24.3 Å². The standard InChI is InChI=1S/C22H21N7O/c1-15-25-20(18-10-6-7-13-23-18)27-22(26-15)28-21(30)16-11-12-19(24-14-16)29(2)17-8-4-3-5-9-17/h3-15H,1-2H3,(H2,25,26,27,28,30). The third-order valence-electron chi connectivity index (χ3n) is 4.51. The molecule has 2 aromatic heterocycles. The largest absolute Gasteiger partial charge is 0.347 e. The summed E-state index contributed by atoms with van der Waals surface area (Å²) in [4.78, 5) is 32.0. The molecular formula is C22H21N7O. The van der Waals surface area contributed by atoms with Crippen LogP contribution in [0.1, 0.15) is 23.0 Å². The molecule has 0 fully saturated rings. The smallest absolute Gasteiger partial charge is 0.259 e. The number of hydrogen-bond donors (Lipinski definition) is 2. The minimum Gasteiger partial charge on any atom is -0.347 e. The molecule has 1 aromatic carbocycles. The maximum Gasteiger partial charge on any atom is 0.259 e. The number of amidine groups is 1. The molecule has 2 N–H and O–H groups in total. The molecule has 0 saturated heterocycles. The summed E-state index contributed by atoms with van der Waals surface area (Å²) in [5.74, 6) is 1.21. The fraction of sp³-hybridized carbons (Fsp3) is 0.136. The average molecular weight is 399 g/mol. The number of aromatic nitrogens is 2. The average Bonchev–Trinajstić information content (AvgIpc) is 2.79. The molecule has 0 saturated carbocycles. The molecule has 8 nitrogen and oxygen atoms in total. The highest BCUT2D eigenvalue weighted by atomic mass is 16.1. The molecule has 8 heteroatoms. The fourth-order valence-electron chi connectivity index (χ4n) is 2.95. The van der Waals surface area contributed by atoms with E-state index in [9.17, 15) is 4.79 Å². The van der Waals surface area contributed by atoms with Gasteiger partial charge in [-0.25, -0.2) is 9.98 Å². The van der Waals surface area contributed by atoms with Crippen molar-refractivity contribution in [2.75, 3.05) is 11.9 Å². The number of nitrogens with zero attached hydrogens (tertiary/aromatic N) is 5. The fourth-order valence-corrected chi connectivity index (χ4v) is 2.95. The molecule has 1 aliphatic heterocycles. The minimum absolute atomic E-state index is 0.234. The van der Waals surface area contributed by atoms with Crippen LogP contribution >= 0.6 is 0 Å². The molecule has 1 aliphatic rings. The van der Waals surface area contributed by atoms with E-state index in [0.29, 0.717) is 17.1 Å². The Kier molecular flexibility index (Phi) is 5.47. The van der Waals surface area contributed by atoms with Crippen LogP contribution in [-0.4, -0.2) is 40.9 Å². The maximum atomic E-state index is 12.7. The van der Waals surface area contributed by atoms with E-state index in [2.05, 4.69) is 30.6 Å². The van der Waals surface area contributed by atoms with Crippen molar-refractivity contribution < 1.29 is 4.79 Å². The molecule has 1 unspecified atom stereocenters. The van der Waals surface area contributed by atoms with Gasteiger partial charge in [0.1, 0.15) is 17.7 Å². The van der Waals surface area contributed by atoms with Gasteiger partial charge in [-0.05, 0) is 43.3 Å². The SMILES string of the molecule is CC1N=C(NC(=O)c2ccc(N(C)c3ccccc3)nc2)N=C(c2ccccn2)N1. The van der Waals surface area contributed by atoms with Crippen LogP contribution in [0.5, 0.6) is 0 Å². The first kappa shape index (κ1) is 19.3.